The number of fused-ring (bicyclic) bond motifs is 1. The van der Waals surface area contributed by atoms with Crippen molar-refractivity contribution in [1.29, 1.82) is 0 Å². The summed E-state index contributed by atoms with van der Waals surface area (Å²) in [6, 6.07) is 7.82. The molecular formula is C13H15ClN2. The van der Waals surface area contributed by atoms with E-state index in [1.165, 1.54) is 0 Å². The third kappa shape index (κ3) is 2.50. The fraction of sp³-hybridized carbons (Fsp3) is 0.385. The minimum Gasteiger partial charge on any atom is -0.233 e. The molecule has 0 spiro atoms. The van der Waals surface area contributed by atoms with Gasteiger partial charge < -0.3 is 0 Å². The summed E-state index contributed by atoms with van der Waals surface area (Å²) in [7, 11) is 0. The Hall–Kier alpha value is -1.15. The summed E-state index contributed by atoms with van der Waals surface area (Å²) < 4.78 is 0. The highest BCUT2D eigenvalue weighted by Gasteiger charge is 2.14. The average molecular weight is 235 g/mol. The maximum atomic E-state index is 6.14. The van der Waals surface area contributed by atoms with E-state index in [4.69, 9.17) is 11.6 Å². The van der Waals surface area contributed by atoms with Crippen molar-refractivity contribution in [1.82, 2.24) is 9.97 Å². The molecule has 0 saturated heterocycles. The van der Waals surface area contributed by atoms with E-state index in [2.05, 4.69) is 30.7 Å². The van der Waals surface area contributed by atoms with Gasteiger partial charge in [0, 0.05) is 11.8 Å². The van der Waals surface area contributed by atoms with Gasteiger partial charge in [0.1, 0.15) is 11.0 Å². The largest absolute Gasteiger partial charge is 0.233 e. The van der Waals surface area contributed by atoms with Crippen LogP contribution in [0.2, 0.25) is 5.15 Å². The van der Waals surface area contributed by atoms with Gasteiger partial charge in [-0.2, -0.15) is 0 Å². The summed E-state index contributed by atoms with van der Waals surface area (Å²) >= 11 is 6.14. The molecule has 16 heavy (non-hydrogen) atoms. The van der Waals surface area contributed by atoms with Crippen LogP contribution in [0.3, 0.4) is 0 Å². The van der Waals surface area contributed by atoms with Crippen molar-refractivity contribution >= 4 is 22.5 Å². The van der Waals surface area contributed by atoms with E-state index >= 15 is 0 Å². The van der Waals surface area contributed by atoms with Crippen molar-refractivity contribution in [2.24, 2.45) is 5.41 Å². The number of rotatable bonds is 1. The summed E-state index contributed by atoms with van der Waals surface area (Å²) in [5.74, 6) is 0.816. The minimum atomic E-state index is 0.172. The lowest BCUT2D eigenvalue weighted by Gasteiger charge is -2.17. The van der Waals surface area contributed by atoms with Gasteiger partial charge >= 0.3 is 0 Å². The van der Waals surface area contributed by atoms with Crippen molar-refractivity contribution in [3.05, 3.63) is 35.2 Å². The Balaban J connectivity index is 2.50. The first-order valence-corrected chi connectivity index (χ1v) is 5.75. The smallest absolute Gasteiger partial charge is 0.140 e. The maximum absolute atomic E-state index is 6.14. The molecule has 1 aromatic heterocycles. The first-order chi connectivity index (χ1) is 7.46. The van der Waals surface area contributed by atoms with Gasteiger partial charge in [-0.1, -0.05) is 44.5 Å². The van der Waals surface area contributed by atoms with Gasteiger partial charge in [0.15, 0.2) is 0 Å². The van der Waals surface area contributed by atoms with E-state index in [0.717, 1.165) is 23.1 Å². The van der Waals surface area contributed by atoms with Crippen LogP contribution in [-0.4, -0.2) is 9.97 Å². The first-order valence-electron chi connectivity index (χ1n) is 5.37. The average Bonchev–Trinajstić information content (AvgIpc) is 2.15. The number of hydrogen-bond donors (Lipinski definition) is 0. The molecular weight excluding hydrogens is 220 g/mol. The second-order valence-electron chi connectivity index (χ2n) is 5.19. The number of nitrogens with zero attached hydrogens (tertiary/aromatic N) is 2. The normalized spacial score (nSPS) is 12.0. The summed E-state index contributed by atoms with van der Waals surface area (Å²) in [6.07, 6.45) is 0.831. The number of aromatic nitrogens is 2. The lowest BCUT2D eigenvalue weighted by atomic mass is 9.92. The zero-order chi connectivity index (χ0) is 11.8. The van der Waals surface area contributed by atoms with Crippen LogP contribution in [0.25, 0.3) is 10.9 Å². The topological polar surface area (TPSA) is 25.8 Å². The van der Waals surface area contributed by atoms with Gasteiger partial charge in [-0.25, -0.2) is 9.97 Å². The van der Waals surface area contributed by atoms with E-state index in [-0.39, 0.29) is 5.41 Å². The van der Waals surface area contributed by atoms with Crippen LogP contribution < -0.4 is 0 Å². The first kappa shape index (κ1) is 11.3. The second kappa shape index (κ2) is 4.02. The van der Waals surface area contributed by atoms with Gasteiger partial charge in [0.2, 0.25) is 0 Å². The van der Waals surface area contributed by atoms with Crippen molar-refractivity contribution in [2.45, 2.75) is 27.2 Å². The van der Waals surface area contributed by atoms with Gasteiger partial charge in [0.05, 0.1) is 5.52 Å². The van der Waals surface area contributed by atoms with E-state index in [1.807, 2.05) is 24.3 Å². The van der Waals surface area contributed by atoms with E-state index in [9.17, 15) is 0 Å². The molecule has 3 heteroatoms. The molecule has 0 atom stereocenters. The van der Waals surface area contributed by atoms with Gasteiger partial charge in [-0.15, -0.1) is 0 Å². The molecule has 0 N–H and O–H groups in total. The van der Waals surface area contributed by atoms with Crippen LogP contribution in [0.1, 0.15) is 26.6 Å². The van der Waals surface area contributed by atoms with E-state index < -0.39 is 0 Å². The zero-order valence-electron chi connectivity index (χ0n) is 9.79. The molecule has 1 aromatic carbocycles. The van der Waals surface area contributed by atoms with Gasteiger partial charge in [-0.3, -0.25) is 0 Å². The molecule has 2 rings (SSSR count). The molecule has 1 heterocycles. The van der Waals surface area contributed by atoms with Crippen LogP contribution >= 0.6 is 11.6 Å². The Bertz CT molecular complexity index is 515. The Morgan fingerprint density at radius 1 is 1.12 bits per heavy atom. The second-order valence-corrected chi connectivity index (χ2v) is 5.54. The molecule has 0 unspecified atom stereocenters. The van der Waals surface area contributed by atoms with E-state index in [1.54, 1.807) is 0 Å². The summed E-state index contributed by atoms with van der Waals surface area (Å²) in [6.45, 7) is 6.50. The standard InChI is InChI=1S/C13H15ClN2/c1-13(2,3)8-11-15-10-7-5-4-6-9(10)12(14)16-11/h4-7H,8H2,1-3H3. The van der Waals surface area contributed by atoms with Crippen molar-refractivity contribution < 1.29 is 0 Å². The number of para-hydroxylation sites is 1. The van der Waals surface area contributed by atoms with Crippen LogP contribution in [0.5, 0.6) is 0 Å². The monoisotopic (exact) mass is 234 g/mol. The molecule has 0 aliphatic rings. The van der Waals surface area contributed by atoms with Crippen molar-refractivity contribution in [3.63, 3.8) is 0 Å². The van der Waals surface area contributed by atoms with Gasteiger partial charge in [-0.05, 0) is 17.5 Å². The number of benzene rings is 1. The highest BCUT2D eigenvalue weighted by atomic mass is 35.5. The maximum Gasteiger partial charge on any atom is 0.140 e. The molecule has 0 aliphatic carbocycles. The Kier molecular flexibility index (Phi) is 2.85. The molecule has 0 radical (unpaired) electrons. The third-order valence-corrected chi connectivity index (χ3v) is 2.58. The quantitative estimate of drug-likeness (QED) is 0.700. The van der Waals surface area contributed by atoms with E-state index in [0.29, 0.717) is 5.15 Å². The predicted molar refractivity (Wildman–Crippen MR) is 67.7 cm³/mol. The van der Waals surface area contributed by atoms with Crippen LogP contribution in [-0.2, 0) is 6.42 Å². The molecule has 0 bridgehead atoms. The van der Waals surface area contributed by atoms with Crippen molar-refractivity contribution in [2.75, 3.05) is 0 Å². The lowest BCUT2D eigenvalue weighted by molar-refractivity contribution is 0.401. The zero-order valence-corrected chi connectivity index (χ0v) is 10.5. The molecule has 84 valence electrons. The molecule has 0 amide bonds. The Morgan fingerprint density at radius 2 is 1.81 bits per heavy atom. The molecule has 2 aromatic rings. The Labute approximate surface area is 101 Å². The number of hydrogen-bond acceptors (Lipinski definition) is 2. The van der Waals surface area contributed by atoms with Crippen LogP contribution in [0, 0.1) is 5.41 Å². The molecule has 2 nitrogen and oxygen atoms in total. The fourth-order valence-electron chi connectivity index (χ4n) is 1.64. The number of halogens is 1. The van der Waals surface area contributed by atoms with Crippen LogP contribution in [0.15, 0.2) is 24.3 Å². The van der Waals surface area contributed by atoms with Gasteiger partial charge in [0.25, 0.3) is 0 Å². The fourth-order valence-corrected chi connectivity index (χ4v) is 1.89. The third-order valence-electron chi connectivity index (χ3n) is 2.29. The molecule has 0 fully saturated rings. The molecule has 0 saturated carbocycles. The predicted octanol–water partition coefficient (Wildman–Crippen LogP) is 3.87. The van der Waals surface area contributed by atoms with Crippen LogP contribution in [0.4, 0.5) is 0 Å². The van der Waals surface area contributed by atoms with Crippen molar-refractivity contribution in [3.8, 4) is 0 Å². The summed E-state index contributed by atoms with van der Waals surface area (Å²) in [4.78, 5) is 8.87. The summed E-state index contributed by atoms with van der Waals surface area (Å²) in [5.41, 5.74) is 1.09. The highest BCUT2D eigenvalue weighted by Crippen LogP contribution is 2.23. The lowest BCUT2D eigenvalue weighted by Crippen LogP contribution is -2.12. The Morgan fingerprint density at radius 3 is 2.50 bits per heavy atom. The minimum absolute atomic E-state index is 0.172. The SMILES string of the molecule is CC(C)(C)Cc1nc(Cl)c2ccccc2n1. The molecule has 0 aliphatic heterocycles. The highest BCUT2D eigenvalue weighted by molar-refractivity contribution is 6.34. The summed E-state index contributed by atoms with van der Waals surface area (Å²) in [5, 5.41) is 1.46.